The predicted octanol–water partition coefficient (Wildman–Crippen LogP) is 1.62. The van der Waals surface area contributed by atoms with E-state index in [-0.39, 0.29) is 5.25 Å². The number of rotatable bonds is 1. The van der Waals surface area contributed by atoms with Crippen LogP contribution in [0.3, 0.4) is 0 Å². The van der Waals surface area contributed by atoms with Crippen molar-refractivity contribution >= 4 is 28.9 Å². The molecule has 0 aromatic rings. The Bertz CT molecular complexity index is 210. The molecule has 1 heterocycles. The van der Waals surface area contributed by atoms with Gasteiger partial charge < -0.3 is 9.05 Å². The molecule has 1 rings (SSSR count). The molecule has 0 aromatic heterocycles. The Hall–Kier alpha value is 0.480. The van der Waals surface area contributed by atoms with Gasteiger partial charge in [-0.15, -0.1) is 6.42 Å². The van der Waals surface area contributed by atoms with Crippen LogP contribution < -0.4 is 0 Å². The van der Waals surface area contributed by atoms with Crippen molar-refractivity contribution in [3.63, 3.8) is 0 Å². The van der Waals surface area contributed by atoms with Crippen LogP contribution in [0.1, 0.15) is 0 Å². The summed E-state index contributed by atoms with van der Waals surface area (Å²) in [7, 11) is 1.56. The quantitative estimate of drug-likeness (QED) is 0.466. The molecule has 1 aliphatic heterocycles. The van der Waals surface area contributed by atoms with Crippen LogP contribution in [0.4, 0.5) is 0 Å². The van der Waals surface area contributed by atoms with Crippen LogP contribution in [0.25, 0.3) is 0 Å². The molecule has 10 heavy (non-hydrogen) atoms. The Balaban J connectivity index is 2.60. The number of terminal acetylenes is 1. The maximum Gasteiger partial charge on any atom is 0.248 e. The molecule has 1 saturated heterocycles. The molecule has 1 fully saturated rings. The van der Waals surface area contributed by atoms with Crippen molar-refractivity contribution in [1.82, 2.24) is 0 Å². The van der Waals surface area contributed by atoms with E-state index >= 15 is 0 Å². The summed E-state index contributed by atoms with van der Waals surface area (Å²) in [5, 5.41) is 0.0887. The summed E-state index contributed by atoms with van der Waals surface area (Å²) in [5.41, 5.74) is -2.02. The third-order valence-corrected chi connectivity index (χ3v) is 6.59. The van der Waals surface area contributed by atoms with E-state index in [1.807, 2.05) is 0 Å². The average Bonchev–Trinajstić information content (AvgIpc) is 2.33. The van der Waals surface area contributed by atoms with Gasteiger partial charge in [0.25, 0.3) is 0 Å². The smallest absolute Gasteiger partial charge is 0.248 e. The fourth-order valence-corrected chi connectivity index (χ4v) is 4.78. The minimum atomic E-state index is -2.02. The highest BCUT2D eigenvalue weighted by atomic mass is 32.9. The molecule has 0 N–H and O–H groups in total. The van der Waals surface area contributed by atoms with Crippen molar-refractivity contribution in [3.8, 4) is 12.3 Å². The van der Waals surface area contributed by atoms with E-state index in [9.17, 15) is 0 Å². The van der Waals surface area contributed by atoms with E-state index in [1.54, 1.807) is 7.11 Å². The first-order valence-electron chi connectivity index (χ1n) is 2.65. The summed E-state index contributed by atoms with van der Waals surface area (Å²) >= 11 is 6.50. The highest BCUT2D eigenvalue weighted by molar-refractivity contribution is 8.68. The molecule has 2 nitrogen and oxygen atoms in total. The lowest BCUT2D eigenvalue weighted by atomic mass is 10.5. The third kappa shape index (κ3) is 1.75. The average molecular weight is 194 g/mol. The molecule has 5 heteroatoms. The highest BCUT2D eigenvalue weighted by Gasteiger charge is 2.31. The van der Waals surface area contributed by atoms with Crippen molar-refractivity contribution in [2.24, 2.45) is 0 Å². The number of hydrogen-bond acceptors (Lipinski definition) is 4. The van der Waals surface area contributed by atoms with Crippen LogP contribution in [0.5, 0.6) is 0 Å². The molecular formula is C5H7O2PS2. The van der Waals surface area contributed by atoms with Crippen LogP contribution in [0, 0.1) is 12.3 Å². The summed E-state index contributed by atoms with van der Waals surface area (Å²) < 4.78 is 10.2. The second-order valence-corrected chi connectivity index (χ2v) is 8.19. The first-order chi connectivity index (χ1) is 4.70. The first kappa shape index (κ1) is 8.58. The van der Waals surface area contributed by atoms with Gasteiger partial charge in [0.1, 0.15) is 0 Å². The van der Waals surface area contributed by atoms with E-state index in [4.69, 9.17) is 27.3 Å². The summed E-state index contributed by atoms with van der Waals surface area (Å²) in [5.74, 6) is 2.57. The maximum absolute atomic E-state index is 5.22. The molecule has 0 aliphatic carbocycles. The fourth-order valence-electron chi connectivity index (χ4n) is 0.550. The summed E-state index contributed by atoms with van der Waals surface area (Å²) in [6.45, 7) is 0.534. The largest absolute Gasteiger partial charge is 0.325 e. The number of hydrogen-bond donors (Lipinski definition) is 0. The van der Waals surface area contributed by atoms with Crippen LogP contribution in [-0.2, 0) is 20.9 Å². The van der Waals surface area contributed by atoms with Crippen LogP contribution in [0.15, 0.2) is 0 Å². The topological polar surface area (TPSA) is 18.5 Å². The van der Waals surface area contributed by atoms with Crippen molar-refractivity contribution in [2.75, 3.05) is 13.7 Å². The minimum Gasteiger partial charge on any atom is -0.325 e. The normalized spacial score (nSPS) is 39.4. The lowest BCUT2D eigenvalue weighted by Crippen LogP contribution is -1.96. The van der Waals surface area contributed by atoms with Gasteiger partial charge in [0.15, 0.2) is 0 Å². The molecule has 0 bridgehead atoms. The van der Waals surface area contributed by atoms with Crippen molar-refractivity contribution in [3.05, 3.63) is 0 Å². The lowest BCUT2D eigenvalue weighted by Gasteiger charge is -2.08. The monoisotopic (exact) mass is 194 g/mol. The molecule has 2 unspecified atom stereocenters. The summed E-state index contributed by atoms with van der Waals surface area (Å²) in [6, 6.07) is 0. The Morgan fingerprint density at radius 1 is 2.00 bits per heavy atom. The Morgan fingerprint density at radius 2 is 2.70 bits per heavy atom. The standard InChI is InChI=1S/C5H7O2PS2/c1-3-5-4-7-8(9,6-2)10-5/h1,5H,4H2,2H3. The SMILES string of the molecule is C#CC1COP(=S)(OC)S1. The van der Waals surface area contributed by atoms with Gasteiger partial charge in [0.05, 0.1) is 11.9 Å². The molecule has 0 aromatic carbocycles. The predicted molar refractivity (Wildman–Crippen MR) is 47.5 cm³/mol. The molecule has 56 valence electrons. The Labute approximate surface area is 69.6 Å². The zero-order valence-corrected chi connectivity index (χ0v) is 7.97. The highest BCUT2D eigenvalue weighted by Crippen LogP contribution is 2.66. The minimum absolute atomic E-state index is 0.0887. The first-order valence-corrected chi connectivity index (χ1v) is 6.77. The fraction of sp³-hybridized carbons (Fsp3) is 0.600. The molecule has 1 aliphatic rings. The van der Waals surface area contributed by atoms with Gasteiger partial charge >= 0.3 is 0 Å². The van der Waals surface area contributed by atoms with Crippen LogP contribution >= 0.6 is 17.1 Å². The van der Waals surface area contributed by atoms with Gasteiger partial charge in [-0.25, -0.2) is 0 Å². The van der Waals surface area contributed by atoms with Gasteiger partial charge in [-0.1, -0.05) is 17.3 Å². The van der Waals surface area contributed by atoms with Gasteiger partial charge in [-0.3, -0.25) is 0 Å². The van der Waals surface area contributed by atoms with E-state index < -0.39 is 5.69 Å². The lowest BCUT2D eigenvalue weighted by molar-refractivity contribution is 0.313. The zero-order chi connectivity index (χ0) is 7.61. The van der Waals surface area contributed by atoms with E-state index in [2.05, 4.69) is 5.92 Å². The van der Waals surface area contributed by atoms with Crippen molar-refractivity contribution < 1.29 is 9.05 Å². The van der Waals surface area contributed by atoms with Gasteiger partial charge in [-0.2, -0.15) is 0 Å². The van der Waals surface area contributed by atoms with Crippen LogP contribution in [0.2, 0.25) is 0 Å². The second-order valence-electron chi connectivity index (χ2n) is 1.69. The third-order valence-electron chi connectivity index (χ3n) is 1.05. The van der Waals surface area contributed by atoms with Gasteiger partial charge in [-0.05, 0) is 11.8 Å². The maximum atomic E-state index is 5.22. The van der Waals surface area contributed by atoms with Crippen molar-refractivity contribution in [2.45, 2.75) is 5.25 Å². The second kappa shape index (κ2) is 3.25. The summed E-state index contributed by atoms with van der Waals surface area (Å²) in [4.78, 5) is 0. The molecule has 0 radical (unpaired) electrons. The van der Waals surface area contributed by atoms with E-state index in [1.165, 1.54) is 11.4 Å². The van der Waals surface area contributed by atoms with Crippen molar-refractivity contribution in [1.29, 1.82) is 0 Å². The molecule has 0 spiro atoms. The Kier molecular flexibility index (Phi) is 2.79. The molecular weight excluding hydrogens is 187 g/mol. The molecule has 0 amide bonds. The van der Waals surface area contributed by atoms with E-state index in [0.717, 1.165) is 0 Å². The van der Waals surface area contributed by atoms with Gasteiger partial charge in [0.2, 0.25) is 5.69 Å². The van der Waals surface area contributed by atoms with Crippen LogP contribution in [-0.4, -0.2) is 19.0 Å². The van der Waals surface area contributed by atoms with E-state index in [0.29, 0.717) is 6.61 Å². The zero-order valence-electron chi connectivity index (χ0n) is 5.44. The van der Waals surface area contributed by atoms with Gasteiger partial charge in [0, 0.05) is 7.11 Å². The summed E-state index contributed by atoms with van der Waals surface area (Å²) in [6.07, 6.45) is 5.17. The molecule has 0 saturated carbocycles. The Morgan fingerprint density at radius 3 is 3.00 bits per heavy atom. The molecule has 2 atom stereocenters.